The molecule has 2 rings (SSSR count). The quantitative estimate of drug-likeness (QED) is 0.532. The van der Waals surface area contributed by atoms with Crippen molar-refractivity contribution >= 4 is 19.0 Å². The zero-order chi connectivity index (χ0) is 16.1. The van der Waals surface area contributed by atoms with E-state index < -0.39 is 25.1 Å². The summed E-state index contributed by atoms with van der Waals surface area (Å²) in [5.74, 6) is -1.12. The molecule has 124 valence electrons. The van der Waals surface area contributed by atoms with Gasteiger partial charge in [0, 0.05) is 12.5 Å². The minimum absolute atomic E-state index is 0.0789. The fourth-order valence-electron chi connectivity index (χ4n) is 3.28. The summed E-state index contributed by atoms with van der Waals surface area (Å²) in [5.41, 5.74) is 5.85. The molecule has 0 aromatic rings. The van der Waals surface area contributed by atoms with Gasteiger partial charge in [-0.2, -0.15) is 0 Å². The van der Waals surface area contributed by atoms with Crippen LogP contribution in [0.1, 0.15) is 51.4 Å². The lowest BCUT2D eigenvalue weighted by atomic mass is 9.72. The van der Waals surface area contributed by atoms with Crippen LogP contribution in [0.25, 0.3) is 0 Å². The Bertz CT molecular complexity index is 401. The molecule has 1 aliphatic carbocycles. The number of amides is 1. The standard InChI is InChI=1S/C14H25BN2O5/c16-10-3-1-9(2-4-10)7-13(18)17-12-6-5-11(8-14(19)20)22-15(12)21/h9-12,21H,1-8,16H2,(H,17,18)(H,19,20). The fourth-order valence-corrected chi connectivity index (χ4v) is 3.28. The molecule has 8 heteroatoms. The van der Waals surface area contributed by atoms with Gasteiger partial charge in [0.25, 0.3) is 0 Å². The number of aliphatic carboxylic acids is 1. The van der Waals surface area contributed by atoms with Crippen LogP contribution in [0.15, 0.2) is 0 Å². The van der Waals surface area contributed by atoms with E-state index in [0.717, 1.165) is 25.7 Å². The van der Waals surface area contributed by atoms with E-state index in [1.54, 1.807) is 0 Å². The zero-order valence-corrected chi connectivity index (χ0v) is 12.7. The maximum absolute atomic E-state index is 12.1. The van der Waals surface area contributed by atoms with Crippen molar-refractivity contribution in [2.75, 3.05) is 0 Å². The van der Waals surface area contributed by atoms with Gasteiger partial charge in [-0.1, -0.05) is 0 Å². The van der Waals surface area contributed by atoms with Crippen molar-refractivity contribution in [2.45, 2.75) is 69.5 Å². The Labute approximate surface area is 130 Å². The molecule has 0 bridgehead atoms. The number of carbonyl (C=O) groups excluding carboxylic acids is 1. The molecule has 2 unspecified atom stereocenters. The predicted octanol–water partition coefficient (Wildman–Crippen LogP) is 0.0522. The molecular formula is C14H25BN2O5. The highest BCUT2D eigenvalue weighted by Gasteiger charge is 2.37. The number of nitrogens with two attached hydrogens (primary N) is 1. The molecule has 22 heavy (non-hydrogen) atoms. The Morgan fingerprint density at radius 1 is 1.14 bits per heavy atom. The van der Waals surface area contributed by atoms with Crippen LogP contribution >= 0.6 is 0 Å². The Morgan fingerprint density at radius 3 is 2.41 bits per heavy atom. The van der Waals surface area contributed by atoms with E-state index in [4.69, 9.17) is 15.5 Å². The number of carbonyl (C=O) groups is 2. The van der Waals surface area contributed by atoms with Gasteiger partial charge in [0.15, 0.2) is 0 Å². The predicted molar refractivity (Wildman–Crippen MR) is 80.8 cm³/mol. The van der Waals surface area contributed by atoms with Crippen LogP contribution in [0.2, 0.25) is 0 Å². The molecule has 1 amide bonds. The highest BCUT2D eigenvalue weighted by Crippen LogP contribution is 2.26. The van der Waals surface area contributed by atoms with Gasteiger partial charge in [0.05, 0.1) is 18.5 Å². The molecule has 0 aromatic carbocycles. The van der Waals surface area contributed by atoms with E-state index >= 15 is 0 Å². The van der Waals surface area contributed by atoms with E-state index in [2.05, 4.69) is 5.32 Å². The summed E-state index contributed by atoms with van der Waals surface area (Å²) < 4.78 is 5.26. The van der Waals surface area contributed by atoms with E-state index in [-0.39, 0.29) is 18.4 Å². The molecule has 1 aliphatic heterocycles. The van der Waals surface area contributed by atoms with Gasteiger partial charge in [-0.3, -0.25) is 9.59 Å². The van der Waals surface area contributed by atoms with Crippen molar-refractivity contribution in [3.63, 3.8) is 0 Å². The van der Waals surface area contributed by atoms with Crippen LogP contribution in [0.4, 0.5) is 0 Å². The van der Waals surface area contributed by atoms with Crippen molar-refractivity contribution < 1.29 is 24.4 Å². The molecule has 2 atom stereocenters. The van der Waals surface area contributed by atoms with Crippen LogP contribution in [-0.2, 0) is 14.2 Å². The van der Waals surface area contributed by atoms with Gasteiger partial charge in [-0.05, 0) is 44.4 Å². The fraction of sp³-hybridized carbons (Fsp3) is 0.857. The molecule has 0 aromatic heterocycles. The third kappa shape index (κ3) is 5.26. The molecule has 1 heterocycles. The summed E-state index contributed by atoms with van der Waals surface area (Å²) in [6.45, 7) is 0. The molecule has 0 radical (unpaired) electrons. The van der Waals surface area contributed by atoms with Crippen molar-refractivity contribution in [3.8, 4) is 0 Å². The number of hydrogen-bond donors (Lipinski definition) is 4. The number of hydrogen-bond acceptors (Lipinski definition) is 5. The van der Waals surface area contributed by atoms with Gasteiger partial charge in [-0.25, -0.2) is 0 Å². The van der Waals surface area contributed by atoms with Crippen molar-refractivity contribution in [2.24, 2.45) is 11.7 Å². The third-order valence-electron chi connectivity index (χ3n) is 4.59. The van der Waals surface area contributed by atoms with Gasteiger partial charge in [-0.15, -0.1) is 0 Å². The maximum atomic E-state index is 12.1. The normalized spacial score (nSPS) is 32.5. The first-order valence-corrected chi connectivity index (χ1v) is 8.04. The van der Waals surface area contributed by atoms with Crippen LogP contribution in [-0.4, -0.2) is 47.2 Å². The Morgan fingerprint density at radius 2 is 1.82 bits per heavy atom. The Kier molecular flexibility index (Phi) is 6.22. The second-order valence-electron chi connectivity index (χ2n) is 6.48. The summed E-state index contributed by atoms with van der Waals surface area (Å²) in [6.07, 6.45) is 4.76. The molecule has 2 fully saturated rings. The summed E-state index contributed by atoms with van der Waals surface area (Å²) in [5, 5.41) is 21.4. The average molecular weight is 312 g/mol. The summed E-state index contributed by atoms with van der Waals surface area (Å²) in [6, 6.07) is 0.263. The van der Waals surface area contributed by atoms with Crippen molar-refractivity contribution in [1.29, 1.82) is 0 Å². The van der Waals surface area contributed by atoms with Crippen LogP contribution in [0.3, 0.4) is 0 Å². The van der Waals surface area contributed by atoms with Gasteiger partial charge < -0.3 is 25.8 Å². The molecule has 0 spiro atoms. The van der Waals surface area contributed by atoms with E-state index in [9.17, 15) is 14.6 Å². The Hall–Kier alpha value is -1.12. The average Bonchev–Trinajstić information content (AvgIpc) is 2.44. The van der Waals surface area contributed by atoms with Crippen LogP contribution < -0.4 is 11.1 Å². The highest BCUT2D eigenvalue weighted by atomic mass is 16.5. The van der Waals surface area contributed by atoms with Crippen molar-refractivity contribution in [3.05, 3.63) is 0 Å². The minimum Gasteiger partial charge on any atom is -0.481 e. The lowest BCUT2D eigenvalue weighted by Gasteiger charge is -2.31. The topological polar surface area (TPSA) is 122 Å². The molecule has 2 aliphatic rings. The summed E-state index contributed by atoms with van der Waals surface area (Å²) in [7, 11) is -1.14. The summed E-state index contributed by atoms with van der Waals surface area (Å²) >= 11 is 0. The summed E-state index contributed by atoms with van der Waals surface area (Å²) in [4.78, 5) is 22.7. The molecule has 5 N–H and O–H groups in total. The van der Waals surface area contributed by atoms with Crippen LogP contribution in [0.5, 0.6) is 0 Å². The van der Waals surface area contributed by atoms with Gasteiger partial charge in [0.2, 0.25) is 5.91 Å². The Balaban J connectivity index is 1.72. The number of carboxylic acid groups (broad SMARTS) is 1. The smallest absolute Gasteiger partial charge is 0.478 e. The first kappa shape index (κ1) is 17.2. The zero-order valence-electron chi connectivity index (χ0n) is 12.7. The molecule has 1 saturated carbocycles. The second-order valence-corrected chi connectivity index (χ2v) is 6.48. The lowest BCUT2D eigenvalue weighted by Crippen LogP contribution is -2.53. The SMILES string of the molecule is NC1CCC(CC(=O)NC2CCC(CC(=O)O)OB2O)CC1. The maximum Gasteiger partial charge on any atom is 0.478 e. The first-order valence-electron chi connectivity index (χ1n) is 8.04. The number of carboxylic acids is 1. The third-order valence-corrected chi connectivity index (χ3v) is 4.59. The molecule has 1 saturated heterocycles. The van der Waals surface area contributed by atoms with E-state index in [0.29, 0.717) is 25.2 Å². The highest BCUT2D eigenvalue weighted by molar-refractivity contribution is 6.45. The van der Waals surface area contributed by atoms with E-state index in [1.165, 1.54) is 0 Å². The molecular weight excluding hydrogens is 287 g/mol. The van der Waals surface area contributed by atoms with Crippen LogP contribution in [0, 0.1) is 5.92 Å². The van der Waals surface area contributed by atoms with Gasteiger partial charge >= 0.3 is 13.1 Å². The second kappa shape index (κ2) is 7.94. The first-order chi connectivity index (χ1) is 10.4. The molecule has 7 nitrogen and oxygen atoms in total. The van der Waals surface area contributed by atoms with Crippen molar-refractivity contribution in [1.82, 2.24) is 5.32 Å². The largest absolute Gasteiger partial charge is 0.481 e. The monoisotopic (exact) mass is 312 g/mol. The number of rotatable bonds is 5. The number of nitrogens with one attached hydrogen (secondary N) is 1. The minimum atomic E-state index is -1.14. The van der Waals surface area contributed by atoms with E-state index in [1.807, 2.05) is 0 Å². The lowest BCUT2D eigenvalue weighted by molar-refractivity contribution is -0.139. The van der Waals surface area contributed by atoms with Gasteiger partial charge in [0.1, 0.15) is 0 Å².